The molecule has 2 rings (SSSR count). The third-order valence-corrected chi connectivity index (χ3v) is 5.04. The molecule has 0 bridgehead atoms. The third-order valence-electron chi connectivity index (χ3n) is 2.71. The highest BCUT2D eigenvalue weighted by molar-refractivity contribution is 9.10. The maximum Gasteiger partial charge on any atom is 0.245 e. The van der Waals surface area contributed by atoms with Gasteiger partial charge >= 0.3 is 0 Å². The molecule has 0 aliphatic carbocycles. The van der Waals surface area contributed by atoms with Gasteiger partial charge in [-0.25, -0.2) is 18.1 Å². The largest absolute Gasteiger partial charge is 0.450 e. The molecule has 0 aliphatic heterocycles. The summed E-state index contributed by atoms with van der Waals surface area (Å²) >= 11 is 3.03. The van der Waals surface area contributed by atoms with Gasteiger partial charge in [-0.2, -0.15) is 0 Å². The standard InChI is InChI=1S/C11H14BrN3O4S/c1-2-8(11-13-3-4-14-11)15-20(17,18)9-5-7(6-16)19-10(9)12/h3-5,8,15-16H,2,6H2,1H3,(H,13,14). The molecule has 110 valence electrons. The fraction of sp³-hybridized carbons (Fsp3) is 0.364. The Morgan fingerprint density at radius 1 is 1.60 bits per heavy atom. The predicted octanol–water partition coefficient (Wildman–Crippen LogP) is 1.69. The van der Waals surface area contributed by atoms with Crippen molar-refractivity contribution in [1.29, 1.82) is 0 Å². The number of imidazole rings is 1. The van der Waals surface area contributed by atoms with E-state index in [1.165, 1.54) is 6.07 Å². The van der Waals surface area contributed by atoms with Gasteiger partial charge in [-0.05, 0) is 22.4 Å². The molecule has 2 aromatic heterocycles. The molecule has 7 nitrogen and oxygen atoms in total. The summed E-state index contributed by atoms with van der Waals surface area (Å²) < 4.78 is 32.3. The smallest absolute Gasteiger partial charge is 0.245 e. The summed E-state index contributed by atoms with van der Waals surface area (Å²) in [5.74, 6) is 0.710. The van der Waals surface area contributed by atoms with Crippen LogP contribution in [0.15, 0.2) is 32.4 Å². The van der Waals surface area contributed by atoms with Crippen LogP contribution >= 0.6 is 15.9 Å². The average Bonchev–Trinajstić information content (AvgIpc) is 3.05. The molecule has 0 fully saturated rings. The number of sulfonamides is 1. The number of nitrogens with zero attached hydrogens (tertiary/aromatic N) is 1. The Hall–Kier alpha value is -1.16. The number of aromatic amines is 1. The Morgan fingerprint density at radius 3 is 2.85 bits per heavy atom. The Balaban J connectivity index is 2.28. The molecular formula is C11H14BrN3O4S. The molecule has 0 aliphatic rings. The summed E-state index contributed by atoms with van der Waals surface area (Å²) in [6, 6.07) is 0.816. The number of halogens is 1. The summed E-state index contributed by atoms with van der Waals surface area (Å²) in [7, 11) is -3.78. The lowest BCUT2D eigenvalue weighted by atomic mass is 10.2. The minimum Gasteiger partial charge on any atom is -0.450 e. The minimum atomic E-state index is -3.78. The van der Waals surface area contributed by atoms with Crippen LogP contribution in [0.4, 0.5) is 0 Å². The van der Waals surface area contributed by atoms with Gasteiger partial charge in [-0.1, -0.05) is 6.92 Å². The summed E-state index contributed by atoms with van der Waals surface area (Å²) in [5, 5.41) is 8.97. The zero-order valence-electron chi connectivity index (χ0n) is 10.6. The second kappa shape index (κ2) is 6.08. The summed E-state index contributed by atoms with van der Waals surface area (Å²) in [6.45, 7) is 1.47. The van der Waals surface area contributed by atoms with Crippen molar-refractivity contribution in [3.63, 3.8) is 0 Å². The van der Waals surface area contributed by atoms with Gasteiger partial charge in [-0.15, -0.1) is 0 Å². The Bertz CT molecular complexity index is 666. The van der Waals surface area contributed by atoms with E-state index in [1.807, 2.05) is 6.92 Å². The molecule has 0 amide bonds. The number of furan rings is 1. The lowest BCUT2D eigenvalue weighted by molar-refractivity contribution is 0.245. The van der Waals surface area contributed by atoms with Crippen LogP contribution in [0.25, 0.3) is 0 Å². The topological polar surface area (TPSA) is 108 Å². The summed E-state index contributed by atoms with van der Waals surface area (Å²) in [6.07, 6.45) is 3.73. The third kappa shape index (κ3) is 3.11. The first-order valence-corrected chi connectivity index (χ1v) is 8.16. The molecule has 1 atom stereocenters. The molecule has 20 heavy (non-hydrogen) atoms. The van der Waals surface area contributed by atoms with E-state index in [0.29, 0.717) is 12.2 Å². The van der Waals surface area contributed by atoms with Gasteiger partial charge in [0.2, 0.25) is 10.0 Å². The van der Waals surface area contributed by atoms with Crippen molar-refractivity contribution in [3.8, 4) is 0 Å². The van der Waals surface area contributed by atoms with E-state index in [4.69, 9.17) is 9.52 Å². The number of aromatic nitrogens is 2. The molecule has 0 radical (unpaired) electrons. The van der Waals surface area contributed by atoms with E-state index in [0.717, 1.165) is 0 Å². The molecule has 2 aromatic rings. The predicted molar refractivity (Wildman–Crippen MR) is 74.3 cm³/mol. The van der Waals surface area contributed by atoms with Crippen LogP contribution in [0, 0.1) is 0 Å². The minimum absolute atomic E-state index is 0.0495. The van der Waals surface area contributed by atoms with Crippen LogP contribution in [-0.2, 0) is 16.6 Å². The fourth-order valence-corrected chi connectivity index (χ4v) is 3.99. The van der Waals surface area contributed by atoms with E-state index < -0.39 is 16.1 Å². The van der Waals surface area contributed by atoms with Gasteiger partial charge in [0.25, 0.3) is 0 Å². The highest BCUT2D eigenvalue weighted by atomic mass is 79.9. The second-order valence-corrected chi connectivity index (χ2v) is 6.47. The maximum absolute atomic E-state index is 12.3. The van der Waals surface area contributed by atoms with Gasteiger partial charge in [0.1, 0.15) is 23.1 Å². The lowest BCUT2D eigenvalue weighted by Crippen LogP contribution is -2.29. The van der Waals surface area contributed by atoms with Gasteiger partial charge in [0.05, 0.1) is 6.04 Å². The average molecular weight is 364 g/mol. The number of hydrogen-bond acceptors (Lipinski definition) is 5. The summed E-state index contributed by atoms with van der Waals surface area (Å²) in [5.41, 5.74) is 0. The Morgan fingerprint density at radius 2 is 2.35 bits per heavy atom. The molecular weight excluding hydrogens is 350 g/mol. The number of aliphatic hydroxyl groups is 1. The van der Waals surface area contributed by atoms with Crippen LogP contribution in [-0.4, -0.2) is 23.5 Å². The highest BCUT2D eigenvalue weighted by Crippen LogP contribution is 2.27. The zero-order chi connectivity index (χ0) is 14.8. The van der Waals surface area contributed by atoms with Crippen molar-refractivity contribution in [3.05, 3.63) is 34.7 Å². The first-order chi connectivity index (χ1) is 9.47. The van der Waals surface area contributed by atoms with Crippen molar-refractivity contribution in [2.75, 3.05) is 0 Å². The van der Waals surface area contributed by atoms with E-state index >= 15 is 0 Å². The van der Waals surface area contributed by atoms with Gasteiger partial charge < -0.3 is 14.5 Å². The Kier molecular flexibility index (Phi) is 4.63. The molecule has 2 heterocycles. The molecule has 1 unspecified atom stereocenters. The van der Waals surface area contributed by atoms with Crippen LogP contribution in [0.1, 0.15) is 31.0 Å². The van der Waals surface area contributed by atoms with Crippen molar-refractivity contribution in [2.45, 2.75) is 30.9 Å². The summed E-state index contributed by atoms with van der Waals surface area (Å²) in [4.78, 5) is 6.88. The SMILES string of the molecule is CCC(NS(=O)(=O)c1cc(CO)oc1Br)c1ncc[nH]1. The van der Waals surface area contributed by atoms with Crippen molar-refractivity contribution in [1.82, 2.24) is 14.7 Å². The number of rotatable bonds is 6. The highest BCUT2D eigenvalue weighted by Gasteiger charge is 2.26. The van der Waals surface area contributed by atoms with Crippen molar-refractivity contribution in [2.24, 2.45) is 0 Å². The molecule has 0 saturated heterocycles. The van der Waals surface area contributed by atoms with Crippen LogP contribution < -0.4 is 4.72 Å². The Labute approximate surface area is 124 Å². The molecule has 0 aromatic carbocycles. The maximum atomic E-state index is 12.3. The van der Waals surface area contributed by atoms with E-state index in [-0.39, 0.29) is 21.9 Å². The number of aliphatic hydroxyl groups excluding tert-OH is 1. The van der Waals surface area contributed by atoms with Crippen LogP contribution in [0.2, 0.25) is 0 Å². The molecule has 9 heteroatoms. The number of nitrogens with one attached hydrogen (secondary N) is 2. The number of H-pyrrole nitrogens is 1. The first kappa shape index (κ1) is 15.2. The van der Waals surface area contributed by atoms with E-state index in [9.17, 15) is 8.42 Å². The van der Waals surface area contributed by atoms with E-state index in [1.54, 1.807) is 12.4 Å². The van der Waals surface area contributed by atoms with Gasteiger partial charge in [-0.3, -0.25) is 0 Å². The van der Waals surface area contributed by atoms with Gasteiger partial charge in [0, 0.05) is 18.5 Å². The monoisotopic (exact) mass is 363 g/mol. The quantitative estimate of drug-likeness (QED) is 0.723. The van der Waals surface area contributed by atoms with Crippen molar-refractivity contribution >= 4 is 26.0 Å². The normalized spacial score (nSPS) is 13.6. The van der Waals surface area contributed by atoms with Crippen LogP contribution in [0.3, 0.4) is 0 Å². The lowest BCUT2D eigenvalue weighted by Gasteiger charge is -2.14. The second-order valence-electron chi connectivity index (χ2n) is 4.07. The van der Waals surface area contributed by atoms with Crippen molar-refractivity contribution < 1.29 is 17.9 Å². The molecule has 3 N–H and O–H groups in total. The molecule has 0 spiro atoms. The van der Waals surface area contributed by atoms with Crippen LogP contribution in [0.5, 0.6) is 0 Å². The van der Waals surface area contributed by atoms with Gasteiger partial charge in [0.15, 0.2) is 4.67 Å². The zero-order valence-corrected chi connectivity index (χ0v) is 13.0. The number of hydrogen-bond donors (Lipinski definition) is 3. The van der Waals surface area contributed by atoms with E-state index in [2.05, 4.69) is 30.6 Å². The molecule has 0 saturated carbocycles. The fourth-order valence-electron chi connectivity index (χ4n) is 1.71. The first-order valence-electron chi connectivity index (χ1n) is 5.88.